The highest BCUT2D eigenvalue weighted by Gasteiger charge is 2.14. The molecule has 0 radical (unpaired) electrons. The van der Waals surface area contributed by atoms with E-state index in [4.69, 9.17) is 9.47 Å². The van der Waals surface area contributed by atoms with Crippen LogP contribution in [0, 0.1) is 0 Å². The first-order chi connectivity index (χ1) is 10.3. The second kappa shape index (κ2) is 5.13. The van der Waals surface area contributed by atoms with Crippen molar-refractivity contribution in [3.8, 4) is 11.5 Å². The maximum absolute atomic E-state index is 5.38. The van der Waals surface area contributed by atoms with Crippen LogP contribution in [-0.2, 0) is 0 Å². The maximum atomic E-state index is 5.38. The van der Waals surface area contributed by atoms with Gasteiger partial charge in [-0.1, -0.05) is 11.3 Å². The van der Waals surface area contributed by atoms with Crippen LogP contribution in [-0.4, -0.2) is 18.0 Å². The number of thiazole rings is 1. The van der Waals surface area contributed by atoms with Crippen molar-refractivity contribution in [3.63, 3.8) is 0 Å². The average molecular weight is 316 g/mol. The topological polar surface area (TPSA) is 43.4 Å². The Morgan fingerprint density at radius 1 is 1.14 bits per heavy atom. The standard InChI is InChI=1S/C15H12N2O2S2/c1-20-10-3-4-11-14(7-10)21-15(17-11)16-9-2-5-12-13(6-9)19-8-18-12/h2-7H,8H2,1H3,(H,16,17). The Balaban J connectivity index is 1.64. The van der Waals surface area contributed by atoms with Gasteiger partial charge in [0.1, 0.15) is 0 Å². The van der Waals surface area contributed by atoms with Gasteiger partial charge in [0.15, 0.2) is 16.6 Å². The van der Waals surface area contributed by atoms with Crippen LogP contribution in [0.5, 0.6) is 11.5 Å². The molecular formula is C15H12N2O2S2. The number of rotatable bonds is 3. The van der Waals surface area contributed by atoms with Crippen molar-refractivity contribution < 1.29 is 9.47 Å². The highest BCUT2D eigenvalue weighted by Crippen LogP contribution is 2.36. The molecule has 1 aliphatic rings. The zero-order valence-electron chi connectivity index (χ0n) is 11.3. The molecule has 6 heteroatoms. The van der Waals surface area contributed by atoms with Crippen LogP contribution in [0.3, 0.4) is 0 Å². The van der Waals surface area contributed by atoms with Crippen molar-refractivity contribution in [2.45, 2.75) is 4.90 Å². The molecular weight excluding hydrogens is 304 g/mol. The van der Waals surface area contributed by atoms with Crippen molar-refractivity contribution >= 4 is 44.1 Å². The molecule has 21 heavy (non-hydrogen) atoms. The van der Waals surface area contributed by atoms with Crippen molar-refractivity contribution in [2.75, 3.05) is 18.4 Å². The molecule has 0 unspecified atom stereocenters. The maximum Gasteiger partial charge on any atom is 0.231 e. The quantitative estimate of drug-likeness (QED) is 0.721. The number of hydrogen-bond donors (Lipinski definition) is 1. The Morgan fingerprint density at radius 2 is 2.05 bits per heavy atom. The van der Waals surface area contributed by atoms with Gasteiger partial charge in [0.2, 0.25) is 6.79 Å². The number of nitrogens with one attached hydrogen (secondary N) is 1. The number of thioether (sulfide) groups is 1. The van der Waals surface area contributed by atoms with Crippen LogP contribution in [0.15, 0.2) is 41.3 Å². The number of nitrogens with zero attached hydrogens (tertiary/aromatic N) is 1. The molecule has 1 N–H and O–H groups in total. The lowest BCUT2D eigenvalue weighted by Crippen LogP contribution is -1.93. The third kappa shape index (κ3) is 2.41. The van der Waals surface area contributed by atoms with E-state index in [1.54, 1.807) is 23.1 Å². The molecule has 2 heterocycles. The van der Waals surface area contributed by atoms with Gasteiger partial charge in [0.05, 0.1) is 10.2 Å². The van der Waals surface area contributed by atoms with Gasteiger partial charge in [-0.05, 0) is 36.6 Å². The van der Waals surface area contributed by atoms with Gasteiger partial charge < -0.3 is 14.8 Å². The Morgan fingerprint density at radius 3 is 2.95 bits per heavy atom. The van der Waals surface area contributed by atoms with Gasteiger partial charge in [0, 0.05) is 16.6 Å². The highest BCUT2D eigenvalue weighted by molar-refractivity contribution is 7.98. The first-order valence-electron chi connectivity index (χ1n) is 6.43. The van der Waals surface area contributed by atoms with E-state index in [1.807, 2.05) is 18.2 Å². The molecule has 0 saturated carbocycles. The summed E-state index contributed by atoms with van der Waals surface area (Å²) in [5, 5.41) is 4.20. The van der Waals surface area contributed by atoms with E-state index in [0.717, 1.165) is 27.8 Å². The molecule has 1 aliphatic heterocycles. The van der Waals surface area contributed by atoms with Crippen LogP contribution in [0.25, 0.3) is 10.2 Å². The van der Waals surface area contributed by atoms with Gasteiger partial charge in [-0.2, -0.15) is 0 Å². The predicted molar refractivity (Wildman–Crippen MR) is 87.2 cm³/mol. The summed E-state index contributed by atoms with van der Waals surface area (Å²) in [5.74, 6) is 1.56. The first-order valence-corrected chi connectivity index (χ1v) is 8.47. The zero-order valence-corrected chi connectivity index (χ0v) is 12.9. The minimum absolute atomic E-state index is 0.289. The van der Waals surface area contributed by atoms with Crippen LogP contribution < -0.4 is 14.8 Å². The smallest absolute Gasteiger partial charge is 0.231 e. The summed E-state index contributed by atoms with van der Waals surface area (Å²) in [6.07, 6.45) is 2.08. The predicted octanol–water partition coefficient (Wildman–Crippen LogP) is 4.49. The lowest BCUT2D eigenvalue weighted by atomic mass is 10.3. The minimum Gasteiger partial charge on any atom is -0.454 e. The highest BCUT2D eigenvalue weighted by atomic mass is 32.2. The van der Waals surface area contributed by atoms with Crippen LogP contribution in [0.2, 0.25) is 0 Å². The van der Waals surface area contributed by atoms with E-state index in [-0.39, 0.29) is 6.79 Å². The van der Waals surface area contributed by atoms with E-state index in [2.05, 4.69) is 34.8 Å². The van der Waals surface area contributed by atoms with Gasteiger partial charge in [-0.3, -0.25) is 0 Å². The summed E-state index contributed by atoms with van der Waals surface area (Å²) in [6.45, 7) is 0.289. The number of aromatic nitrogens is 1. The lowest BCUT2D eigenvalue weighted by Gasteiger charge is -2.03. The molecule has 0 fully saturated rings. The van der Waals surface area contributed by atoms with E-state index in [1.165, 1.54) is 9.60 Å². The Kier molecular flexibility index (Phi) is 3.12. The number of fused-ring (bicyclic) bond motifs is 2. The summed E-state index contributed by atoms with van der Waals surface area (Å²) in [7, 11) is 0. The molecule has 1 aromatic heterocycles. The van der Waals surface area contributed by atoms with E-state index >= 15 is 0 Å². The number of anilines is 2. The number of hydrogen-bond acceptors (Lipinski definition) is 6. The van der Waals surface area contributed by atoms with E-state index < -0.39 is 0 Å². The Hall–Kier alpha value is -1.92. The van der Waals surface area contributed by atoms with Crippen molar-refractivity contribution in [1.82, 2.24) is 4.98 Å². The molecule has 106 valence electrons. The van der Waals surface area contributed by atoms with Gasteiger partial charge in [-0.25, -0.2) is 4.98 Å². The summed E-state index contributed by atoms with van der Waals surface area (Å²) in [5.41, 5.74) is 1.96. The molecule has 0 aliphatic carbocycles. The van der Waals surface area contributed by atoms with Crippen LogP contribution in [0.4, 0.5) is 10.8 Å². The zero-order chi connectivity index (χ0) is 14.2. The SMILES string of the molecule is CSc1ccc2nc(Nc3ccc4c(c3)OCO4)sc2c1. The second-order valence-electron chi connectivity index (χ2n) is 4.55. The second-order valence-corrected chi connectivity index (χ2v) is 6.46. The summed E-state index contributed by atoms with van der Waals surface area (Å²) < 4.78 is 11.9. The molecule has 0 spiro atoms. The molecule has 4 rings (SSSR count). The third-order valence-electron chi connectivity index (χ3n) is 3.22. The Bertz CT molecular complexity index is 817. The van der Waals surface area contributed by atoms with Crippen molar-refractivity contribution in [2.24, 2.45) is 0 Å². The monoisotopic (exact) mass is 316 g/mol. The fraction of sp³-hybridized carbons (Fsp3) is 0.133. The average Bonchev–Trinajstić information content (AvgIpc) is 3.11. The molecule has 3 aromatic rings. The van der Waals surface area contributed by atoms with E-state index in [0.29, 0.717) is 0 Å². The van der Waals surface area contributed by atoms with Crippen LogP contribution >= 0.6 is 23.1 Å². The fourth-order valence-corrected chi connectivity index (χ4v) is 3.62. The molecule has 0 atom stereocenters. The summed E-state index contributed by atoms with van der Waals surface area (Å²) in [6, 6.07) is 12.1. The molecule has 0 amide bonds. The molecule has 2 aromatic carbocycles. The van der Waals surface area contributed by atoms with Gasteiger partial charge in [0.25, 0.3) is 0 Å². The number of benzene rings is 2. The third-order valence-corrected chi connectivity index (χ3v) is 4.88. The molecule has 0 saturated heterocycles. The Labute approximate surface area is 130 Å². The van der Waals surface area contributed by atoms with Gasteiger partial charge >= 0.3 is 0 Å². The minimum atomic E-state index is 0.289. The first kappa shape index (κ1) is 12.8. The normalized spacial score (nSPS) is 12.8. The van der Waals surface area contributed by atoms with Gasteiger partial charge in [-0.15, -0.1) is 11.8 Å². The van der Waals surface area contributed by atoms with Crippen molar-refractivity contribution in [3.05, 3.63) is 36.4 Å². The largest absolute Gasteiger partial charge is 0.454 e. The molecule has 0 bridgehead atoms. The fourth-order valence-electron chi connectivity index (χ4n) is 2.18. The van der Waals surface area contributed by atoms with E-state index in [9.17, 15) is 0 Å². The summed E-state index contributed by atoms with van der Waals surface area (Å²) >= 11 is 3.39. The molecule has 4 nitrogen and oxygen atoms in total. The van der Waals surface area contributed by atoms with Crippen molar-refractivity contribution in [1.29, 1.82) is 0 Å². The summed E-state index contributed by atoms with van der Waals surface area (Å²) in [4.78, 5) is 5.85. The number of ether oxygens (including phenoxy) is 2. The lowest BCUT2D eigenvalue weighted by molar-refractivity contribution is 0.174. The van der Waals surface area contributed by atoms with Crippen LogP contribution in [0.1, 0.15) is 0 Å².